The van der Waals surface area contributed by atoms with Crippen molar-refractivity contribution in [3.8, 4) is 0 Å². The van der Waals surface area contributed by atoms with Crippen LogP contribution in [-0.4, -0.2) is 48.9 Å². The largest absolute Gasteiger partial charge is 0.465 e. The van der Waals surface area contributed by atoms with Gasteiger partial charge >= 0.3 is 17.9 Å². The van der Waals surface area contributed by atoms with E-state index in [0.717, 1.165) is 0 Å². The molecule has 0 radical (unpaired) electrons. The number of benzene rings is 1. The van der Waals surface area contributed by atoms with Crippen LogP contribution in [0.5, 0.6) is 0 Å². The third-order valence-electron chi connectivity index (χ3n) is 3.46. The molecule has 1 aromatic carbocycles. The molecule has 138 valence electrons. The standard InChI is InChI=1S/C17H19N3O6/c1-4-26-17(23)14-12(9-19-20-14)8-18-13-6-10(15(21)24-2)5-11(7-13)16(22)25-3/h5-7,9,18H,4,8H2,1-3H3,(H,19,20). The van der Waals surface area contributed by atoms with Crippen molar-refractivity contribution in [3.63, 3.8) is 0 Å². The van der Waals surface area contributed by atoms with Gasteiger partial charge in [-0.05, 0) is 25.1 Å². The highest BCUT2D eigenvalue weighted by Crippen LogP contribution is 2.18. The molecule has 0 aliphatic heterocycles. The Hall–Kier alpha value is -3.36. The molecule has 2 N–H and O–H groups in total. The number of H-pyrrole nitrogens is 1. The predicted molar refractivity (Wildman–Crippen MR) is 91.0 cm³/mol. The molecule has 0 fully saturated rings. The number of nitrogens with one attached hydrogen (secondary N) is 2. The molecule has 1 aromatic heterocycles. The van der Waals surface area contributed by atoms with Crippen molar-refractivity contribution < 1.29 is 28.6 Å². The van der Waals surface area contributed by atoms with Crippen molar-refractivity contribution in [2.75, 3.05) is 26.1 Å². The number of methoxy groups -OCH3 is 2. The van der Waals surface area contributed by atoms with Gasteiger partial charge in [0.25, 0.3) is 0 Å². The zero-order valence-corrected chi connectivity index (χ0v) is 14.6. The summed E-state index contributed by atoms with van der Waals surface area (Å²) in [7, 11) is 2.49. The first kappa shape index (κ1) is 19.0. The minimum absolute atomic E-state index is 0.190. The highest BCUT2D eigenvalue weighted by Gasteiger charge is 2.16. The fourth-order valence-electron chi connectivity index (χ4n) is 2.22. The summed E-state index contributed by atoms with van der Waals surface area (Å²) in [4.78, 5) is 35.5. The lowest BCUT2D eigenvalue weighted by atomic mass is 10.1. The number of aromatic nitrogens is 2. The van der Waals surface area contributed by atoms with E-state index in [4.69, 9.17) is 14.2 Å². The Morgan fingerprint density at radius 1 is 1.04 bits per heavy atom. The molecular weight excluding hydrogens is 342 g/mol. The van der Waals surface area contributed by atoms with Crippen LogP contribution in [0.1, 0.15) is 43.7 Å². The van der Waals surface area contributed by atoms with E-state index < -0.39 is 17.9 Å². The average molecular weight is 361 g/mol. The van der Waals surface area contributed by atoms with Crippen LogP contribution in [-0.2, 0) is 20.8 Å². The molecule has 0 aliphatic carbocycles. The number of carbonyl (C=O) groups is 3. The molecule has 0 bridgehead atoms. The van der Waals surface area contributed by atoms with Crippen molar-refractivity contribution in [3.05, 3.63) is 46.8 Å². The van der Waals surface area contributed by atoms with Crippen LogP contribution in [0.2, 0.25) is 0 Å². The molecule has 0 spiro atoms. The molecule has 2 rings (SSSR count). The van der Waals surface area contributed by atoms with Crippen LogP contribution in [0.15, 0.2) is 24.4 Å². The number of hydrogen-bond acceptors (Lipinski definition) is 8. The van der Waals surface area contributed by atoms with Crippen LogP contribution in [0.4, 0.5) is 5.69 Å². The number of rotatable bonds is 7. The van der Waals surface area contributed by atoms with E-state index in [0.29, 0.717) is 11.3 Å². The molecule has 9 heteroatoms. The second kappa shape index (κ2) is 8.65. The van der Waals surface area contributed by atoms with Crippen LogP contribution < -0.4 is 5.32 Å². The summed E-state index contributed by atoms with van der Waals surface area (Å²) in [5, 5.41) is 9.47. The van der Waals surface area contributed by atoms with Crippen LogP contribution >= 0.6 is 0 Å². The number of anilines is 1. The van der Waals surface area contributed by atoms with Crippen LogP contribution in [0, 0.1) is 0 Å². The smallest absolute Gasteiger partial charge is 0.356 e. The number of nitrogens with zero attached hydrogens (tertiary/aromatic N) is 1. The molecule has 0 saturated carbocycles. The average Bonchev–Trinajstić information content (AvgIpc) is 3.13. The van der Waals surface area contributed by atoms with E-state index in [2.05, 4.69) is 15.5 Å². The van der Waals surface area contributed by atoms with E-state index in [-0.39, 0.29) is 30.0 Å². The van der Waals surface area contributed by atoms with Crippen molar-refractivity contribution in [2.45, 2.75) is 13.5 Å². The number of carbonyl (C=O) groups excluding carboxylic acids is 3. The first-order valence-corrected chi connectivity index (χ1v) is 7.75. The highest BCUT2D eigenvalue weighted by atomic mass is 16.5. The lowest BCUT2D eigenvalue weighted by Gasteiger charge is -2.10. The Kier molecular flexibility index (Phi) is 6.31. The Morgan fingerprint density at radius 3 is 2.19 bits per heavy atom. The van der Waals surface area contributed by atoms with Crippen molar-refractivity contribution in [1.82, 2.24) is 10.2 Å². The molecule has 0 unspecified atom stereocenters. The van der Waals surface area contributed by atoms with Crippen LogP contribution in [0.3, 0.4) is 0 Å². The molecule has 26 heavy (non-hydrogen) atoms. The Balaban J connectivity index is 2.24. The molecule has 0 amide bonds. The van der Waals surface area contributed by atoms with E-state index in [1.165, 1.54) is 38.6 Å². The van der Waals surface area contributed by atoms with E-state index in [1.54, 1.807) is 6.92 Å². The summed E-state index contributed by atoms with van der Waals surface area (Å²) < 4.78 is 14.3. The first-order valence-electron chi connectivity index (χ1n) is 7.75. The van der Waals surface area contributed by atoms with Gasteiger partial charge in [0.1, 0.15) is 5.69 Å². The van der Waals surface area contributed by atoms with Gasteiger partial charge in [-0.2, -0.15) is 5.10 Å². The third kappa shape index (κ3) is 4.38. The van der Waals surface area contributed by atoms with Gasteiger partial charge in [0, 0.05) is 17.8 Å². The minimum atomic E-state index is -0.589. The highest BCUT2D eigenvalue weighted by molar-refractivity contribution is 5.97. The van der Waals surface area contributed by atoms with Crippen molar-refractivity contribution in [2.24, 2.45) is 0 Å². The summed E-state index contributed by atoms with van der Waals surface area (Å²) in [5.74, 6) is -1.69. The number of ether oxygens (including phenoxy) is 3. The zero-order valence-electron chi connectivity index (χ0n) is 14.6. The quantitative estimate of drug-likeness (QED) is 0.566. The zero-order chi connectivity index (χ0) is 19.1. The second-order valence-corrected chi connectivity index (χ2v) is 5.13. The number of esters is 3. The van der Waals surface area contributed by atoms with E-state index in [1.807, 2.05) is 0 Å². The maximum Gasteiger partial charge on any atom is 0.356 e. The molecule has 0 aliphatic rings. The lowest BCUT2D eigenvalue weighted by molar-refractivity contribution is 0.0516. The van der Waals surface area contributed by atoms with Crippen LogP contribution in [0.25, 0.3) is 0 Å². The molecule has 0 atom stereocenters. The van der Waals surface area contributed by atoms with Gasteiger partial charge in [-0.1, -0.05) is 0 Å². The summed E-state index contributed by atoms with van der Waals surface area (Å²) in [6.45, 7) is 2.17. The lowest BCUT2D eigenvalue weighted by Crippen LogP contribution is -2.11. The normalized spacial score (nSPS) is 10.1. The predicted octanol–water partition coefficient (Wildman–Crippen LogP) is 1.77. The number of aromatic amines is 1. The number of hydrogen-bond donors (Lipinski definition) is 2. The van der Waals surface area contributed by atoms with Gasteiger partial charge in [0.15, 0.2) is 0 Å². The first-order chi connectivity index (χ1) is 12.5. The van der Waals surface area contributed by atoms with Gasteiger partial charge in [-0.25, -0.2) is 14.4 Å². The summed E-state index contributed by atoms with van der Waals surface area (Å²) in [5.41, 5.74) is 1.67. The molecule has 1 heterocycles. The summed E-state index contributed by atoms with van der Waals surface area (Å²) in [6, 6.07) is 4.44. The van der Waals surface area contributed by atoms with Crippen molar-refractivity contribution >= 4 is 23.6 Å². The second-order valence-electron chi connectivity index (χ2n) is 5.13. The molecular formula is C17H19N3O6. The van der Waals surface area contributed by atoms with Gasteiger partial charge in [0.2, 0.25) is 0 Å². The van der Waals surface area contributed by atoms with Gasteiger partial charge < -0.3 is 19.5 Å². The monoisotopic (exact) mass is 361 g/mol. The fourth-order valence-corrected chi connectivity index (χ4v) is 2.22. The maximum atomic E-state index is 11.9. The van der Waals surface area contributed by atoms with Gasteiger partial charge in [-0.3, -0.25) is 5.10 Å². The maximum absolute atomic E-state index is 11.9. The summed E-state index contributed by atoms with van der Waals surface area (Å²) in [6.07, 6.45) is 1.49. The van der Waals surface area contributed by atoms with E-state index in [9.17, 15) is 14.4 Å². The van der Waals surface area contributed by atoms with E-state index >= 15 is 0 Å². The Labute approximate surface area is 149 Å². The van der Waals surface area contributed by atoms with Crippen molar-refractivity contribution in [1.29, 1.82) is 0 Å². The Bertz CT molecular complexity index is 780. The molecule has 9 nitrogen and oxygen atoms in total. The third-order valence-corrected chi connectivity index (χ3v) is 3.46. The Morgan fingerprint density at radius 2 is 1.65 bits per heavy atom. The topological polar surface area (TPSA) is 120 Å². The minimum Gasteiger partial charge on any atom is -0.465 e. The van der Waals surface area contributed by atoms with Gasteiger partial charge in [-0.15, -0.1) is 0 Å². The molecule has 2 aromatic rings. The van der Waals surface area contributed by atoms with Gasteiger partial charge in [0.05, 0.1) is 38.2 Å². The SMILES string of the molecule is CCOC(=O)c1[nH]ncc1CNc1cc(C(=O)OC)cc(C(=O)OC)c1. The fraction of sp³-hybridized carbons (Fsp3) is 0.294. The summed E-state index contributed by atoms with van der Waals surface area (Å²) >= 11 is 0. The molecule has 0 saturated heterocycles.